The van der Waals surface area contributed by atoms with Crippen molar-refractivity contribution >= 4 is 17.6 Å². The van der Waals surface area contributed by atoms with Gasteiger partial charge in [-0.15, -0.1) is 0 Å². The smallest absolute Gasteiger partial charge is 0.338 e. The van der Waals surface area contributed by atoms with Crippen LogP contribution in [0.3, 0.4) is 0 Å². The van der Waals surface area contributed by atoms with Gasteiger partial charge in [0.05, 0.1) is 31.6 Å². The van der Waals surface area contributed by atoms with Crippen LogP contribution in [-0.2, 0) is 4.74 Å². The zero-order valence-electron chi connectivity index (χ0n) is 18.1. The number of H-pyrrole nitrogens is 1. The maximum atomic E-state index is 13.6. The van der Waals surface area contributed by atoms with E-state index in [2.05, 4.69) is 10.2 Å². The molecule has 0 saturated heterocycles. The molecule has 1 N–H and O–H groups in total. The van der Waals surface area contributed by atoms with Crippen LogP contribution >= 0.6 is 0 Å². The van der Waals surface area contributed by atoms with E-state index in [0.717, 1.165) is 5.56 Å². The number of hydrogen-bond acceptors (Lipinski definition) is 6. The van der Waals surface area contributed by atoms with E-state index in [1.54, 1.807) is 55.5 Å². The lowest BCUT2D eigenvalue weighted by molar-refractivity contribution is 0.0526. The van der Waals surface area contributed by atoms with Crippen LogP contribution in [0.5, 0.6) is 5.75 Å². The minimum atomic E-state index is -0.518. The number of anilines is 1. The van der Waals surface area contributed by atoms with Crippen molar-refractivity contribution in [2.75, 3.05) is 18.6 Å². The van der Waals surface area contributed by atoms with Crippen molar-refractivity contribution in [3.63, 3.8) is 0 Å². The molecule has 0 unspecified atom stereocenters. The molecule has 33 heavy (non-hydrogen) atoms. The number of carbonyl (C=O) groups excluding carboxylic acids is 2. The van der Waals surface area contributed by atoms with Crippen molar-refractivity contribution in [1.82, 2.24) is 10.2 Å². The SMILES string of the molecule is CCOC(=O)c1ccc(N2C(=O)c3n[nH]c(-c4ccco4)c3[C@H]2c2ccccc2OC)cc1. The first-order valence-corrected chi connectivity index (χ1v) is 10.5. The predicted molar refractivity (Wildman–Crippen MR) is 120 cm³/mol. The first-order valence-electron chi connectivity index (χ1n) is 10.5. The number of ether oxygens (including phenoxy) is 2. The Morgan fingerprint density at radius 2 is 1.91 bits per heavy atom. The Labute approximate surface area is 189 Å². The number of aromatic nitrogens is 2. The Morgan fingerprint density at radius 1 is 1.12 bits per heavy atom. The van der Waals surface area contributed by atoms with Gasteiger partial charge in [0.1, 0.15) is 11.4 Å². The van der Waals surface area contributed by atoms with Crippen LogP contribution in [0.15, 0.2) is 71.3 Å². The van der Waals surface area contributed by atoms with E-state index in [-0.39, 0.29) is 12.5 Å². The van der Waals surface area contributed by atoms with Crippen LogP contribution in [0.4, 0.5) is 5.69 Å². The van der Waals surface area contributed by atoms with Crippen molar-refractivity contribution in [1.29, 1.82) is 0 Å². The van der Waals surface area contributed by atoms with E-state index in [4.69, 9.17) is 13.9 Å². The summed E-state index contributed by atoms with van der Waals surface area (Å²) in [6.07, 6.45) is 1.57. The van der Waals surface area contributed by atoms with Gasteiger partial charge in [-0.25, -0.2) is 4.79 Å². The molecule has 1 aliphatic rings. The summed E-state index contributed by atoms with van der Waals surface area (Å²) in [5, 5.41) is 7.28. The number of hydrogen-bond donors (Lipinski definition) is 1. The van der Waals surface area contributed by atoms with Gasteiger partial charge in [0.2, 0.25) is 0 Å². The molecule has 166 valence electrons. The maximum Gasteiger partial charge on any atom is 0.338 e. The van der Waals surface area contributed by atoms with Crippen LogP contribution in [-0.4, -0.2) is 35.8 Å². The molecule has 4 aromatic rings. The Kier molecular flexibility index (Phi) is 5.18. The monoisotopic (exact) mass is 443 g/mol. The van der Waals surface area contributed by atoms with Crippen LogP contribution in [0, 0.1) is 0 Å². The second-order valence-corrected chi connectivity index (χ2v) is 7.43. The lowest BCUT2D eigenvalue weighted by atomic mass is 9.96. The predicted octanol–water partition coefficient (Wildman–Crippen LogP) is 4.60. The molecular weight excluding hydrogens is 422 g/mol. The quantitative estimate of drug-likeness (QED) is 0.437. The number of nitrogens with one attached hydrogen (secondary N) is 1. The third kappa shape index (κ3) is 3.36. The molecule has 8 nitrogen and oxygen atoms in total. The van der Waals surface area contributed by atoms with E-state index in [0.29, 0.717) is 39.7 Å². The summed E-state index contributed by atoms with van der Waals surface area (Å²) in [6, 6.07) is 17.4. The van der Waals surface area contributed by atoms with Crippen LogP contribution in [0.1, 0.15) is 44.9 Å². The average molecular weight is 443 g/mol. The Hall–Kier alpha value is -4.33. The summed E-state index contributed by atoms with van der Waals surface area (Å²) in [5.74, 6) is 0.545. The van der Waals surface area contributed by atoms with Gasteiger partial charge in [-0.1, -0.05) is 18.2 Å². The zero-order valence-corrected chi connectivity index (χ0v) is 18.1. The number of nitrogens with zero attached hydrogens (tertiary/aromatic N) is 2. The van der Waals surface area contributed by atoms with E-state index < -0.39 is 12.0 Å². The highest BCUT2D eigenvalue weighted by Gasteiger charge is 2.44. The van der Waals surface area contributed by atoms with Gasteiger partial charge >= 0.3 is 5.97 Å². The fourth-order valence-electron chi connectivity index (χ4n) is 4.17. The molecule has 5 rings (SSSR count). The van der Waals surface area contributed by atoms with Crippen LogP contribution in [0.25, 0.3) is 11.5 Å². The lowest BCUT2D eigenvalue weighted by Crippen LogP contribution is -2.29. The maximum absolute atomic E-state index is 13.6. The molecule has 1 amide bonds. The van der Waals surface area contributed by atoms with E-state index in [1.165, 1.54) is 0 Å². The van der Waals surface area contributed by atoms with Crippen molar-refractivity contribution in [3.05, 3.63) is 89.3 Å². The van der Waals surface area contributed by atoms with Crippen LogP contribution in [0.2, 0.25) is 0 Å². The molecule has 2 aromatic heterocycles. The number of rotatable bonds is 6. The summed E-state index contributed by atoms with van der Waals surface area (Å²) < 4.78 is 16.3. The summed E-state index contributed by atoms with van der Waals surface area (Å²) in [5.41, 5.74) is 3.48. The van der Waals surface area contributed by atoms with Gasteiger partial charge < -0.3 is 13.9 Å². The molecule has 0 radical (unpaired) electrons. The second kappa shape index (κ2) is 8.31. The average Bonchev–Trinajstić information content (AvgIpc) is 3.57. The molecule has 1 atom stereocenters. The first kappa shape index (κ1) is 20.6. The summed E-state index contributed by atoms with van der Waals surface area (Å²) in [4.78, 5) is 27.3. The molecule has 3 heterocycles. The van der Waals surface area contributed by atoms with Crippen molar-refractivity contribution in [3.8, 4) is 17.2 Å². The minimum absolute atomic E-state index is 0.265. The number of amides is 1. The Morgan fingerprint density at radius 3 is 2.61 bits per heavy atom. The van der Waals surface area contributed by atoms with E-state index >= 15 is 0 Å². The number of benzene rings is 2. The highest BCUT2D eigenvalue weighted by atomic mass is 16.5. The third-order valence-corrected chi connectivity index (χ3v) is 5.61. The fraction of sp³-hybridized carbons (Fsp3) is 0.160. The van der Waals surface area contributed by atoms with Gasteiger partial charge in [0.25, 0.3) is 5.91 Å². The third-order valence-electron chi connectivity index (χ3n) is 5.61. The van der Waals surface area contributed by atoms with Gasteiger partial charge in [-0.2, -0.15) is 5.10 Å². The number of carbonyl (C=O) groups is 2. The Bertz CT molecular complexity index is 1310. The molecule has 0 aliphatic carbocycles. The van der Waals surface area contributed by atoms with Gasteiger partial charge in [0.15, 0.2) is 11.5 Å². The first-order chi connectivity index (χ1) is 16.1. The summed E-state index contributed by atoms with van der Waals surface area (Å²) >= 11 is 0. The van der Waals surface area contributed by atoms with E-state index in [1.807, 2.05) is 30.3 Å². The van der Waals surface area contributed by atoms with Gasteiger partial charge in [0, 0.05) is 16.8 Å². The number of furan rings is 1. The molecule has 0 fully saturated rings. The molecule has 1 aliphatic heterocycles. The second-order valence-electron chi connectivity index (χ2n) is 7.43. The Balaban J connectivity index is 1.66. The molecule has 0 bridgehead atoms. The van der Waals surface area contributed by atoms with Crippen molar-refractivity contribution < 1.29 is 23.5 Å². The van der Waals surface area contributed by atoms with E-state index in [9.17, 15) is 9.59 Å². The van der Waals surface area contributed by atoms with Crippen LogP contribution < -0.4 is 9.64 Å². The largest absolute Gasteiger partial charge is 0.496 e. The lowest BCUT2D eigenvalue weighted by Gasteiger charge is -2.27. The number of methoxy groups -OCH3 is 1. The topological polar surface area (TPSA) is 97.7 Å². The normalized spacial score (nSPS) is 14.9. The molecule has 8 heteroatoms. The molecular formula is C25H21N3O5. The summed E-state index contributed by atoms with van der Waals surface area (Å²) in [7, 11) is 1.60. The number of fused-ring (bicyclic) bond motifs is 1. The fourth-order valence-corrected chi connectivity index (χ4v) is 4.17. The highest BCUT2D eigenvalue weighted by molar-refractivity contribution is 6.12. The molecule has 2 aromatic carbocycles. The molecule has 0 saturated carbocycles. The summed E-state index contributed by atoms with van der Waals surface area (Å²) in [6.45, 7) is 2.04. The van der Waals surface area contributed by atoms with Gasteiger partial charge in [-0.05, 0) is 49.4 Å². The minimum Gasteiger partial charge on any atom is -0.496 e. The standard InChI is InChI=1S/C25H21N3O5/c1-3-32-25(30)15-10-12-16(13-11-15)28-23(17-7-4-5-8-18(17)31-2)20-21(19-9-6-14-33-19)26-27-22(20)24(28)29/h4-14,23H,3H2,1-2H3,(H,26,27)/t23-/m1/s1. The molecule has 0 spiro atoms. The van der Waals surface area contributed by atoms with Crippen molar-refractivity contribution in [2.24, 2.45) is 0 Å². The number of para-hydroxylation sites is 1. The number of aromatic amines is 1. The van der Waals surface area contributed by atoms with Gasteiger partial charge in [-0.3, -0.25) is 14.8 Å². The number of esters is 1. The highest BCUT2D eigenvalue weighted by Crippen LogP contribution is 2.47. The zero-order chi connectivity index (χ0) is 22.9. The van der Waals surface area contributed by atoms with Crippen molar-refractivity contribution in [2.45, 2.75) is 13.0 Å².